The predicted octanol–water partition coefficient (Wildman–Crippen LogP) is 2.66. The van der Waals surface area contributed by atoms with Gasteiger partial charge in [0.05, 0.1) is 6.04 Å². The number of fused-ring (bicyclic) bond motifs is 1. The van der Waals surface area contributed by atoms with Gasteiger partial charge in [-0.2, -0.15) is 0 Å². The van der Waals surface area contributed by atoms with Crippen LogP contribution >= 0.6 is 0 Å². The van der Waals surface area contributed by atoms with Gasteiger partial charge in [0.25, 0.3) is 0 Å². The Kier molecular flexibility index (Phi) is 5.93. The zero-order valence-electron chi connectivity index (χ0n) is 16.6. The molecule has 0 bridgehead atoms. The van der Waals surface area contributed by atoms with E-state index >= 15 is 0 Å². The van der Waals surface area contributed by atoms with E-state index in [1.54, 1.807) is 0 Å². The van der Waals surface area contributed by atoms with Gasteiger partial charge >= 0.3 is 0 Å². The Morgan fingerprint density at radius 2 is 1.68 bits per heavy atom. The molecule has 1 fully saturated rings. The van der Waals surface area contributed by atoms with Crippen molar-refractivity contribution in [3.63, 3.8) is 0 Å². The molecule has 0 spiro atoms. The number of hydrogen-bond acceptors (Lipinski definition) is 4. The van der Waals surface area contributed by atoms with Crippen molar-refractivity contribution in [1.82, 2.24) is 9.80 Å². The lowest BCUT2D eigenvalue weighted by Gasteiger charge is -2.38. The van der Waals surface area contributed by atoms with Gasteiger partial charge < -0.3 is 9.64 Å². The van der Waals surface area contributed by atoms with Gasteiger partial charge in [0.15, 0.2) is 0 Å². The Bertz CT molecular complexity index is 787. The van der Waals surface area contributed by atoms with Crippen LogP contribution in [0, 0.1) is 0 Å². The second-order valence-electron chi connectivity index (χ2n) is 7.58. The van der Waals surface area contributed by atoms with Crippen molar-refractivity contribution >= 4 is 11.6 Å². The Morgan fingerprint density at radius 3 is 2.46 bits per heavy atom. The quantitative estimate of drug-likeness (QED) is 0.773. The highest BCUT2D eigenvalue weighted by atomic mass is 16.5. The summed E-state index contributed by atoms with van der Waals surface area (Å²) < 4.78 is 5.81. The molecular formula is C23H29N3O2. The molecule has 0 aliphatic carbocycles. The largest absolute Gasteiger partial charge is 0.492 e. The van der Waals surface area contributed by atoms with Gasteiger partial charge in [0.1, 0.15) is 12.4 Å². The fourth-order valence-corrected chi connectivity index (χ4v) is 4.13. The molecule has 1 atom stereocenters. The summed E-state index contributed by atoms with van der Waals surface area (Å²) >= 11 is 0. The van der Waals surface area contributed by atoms with E-state index in [0.717, 1.165) is 57.1 Å². The van der Waals surface area contributed by atoms with Crippen molar-refractivity contribution in [2.45, 2.75) is 19.4 Å². The second-order valence-corrected chi connectivity index (χ2v) is 7.58. The molecule has 0 radical (unpaired) electrons. The highest BCUT2D eigenvalue weighted by Crippen LogP contribution is 2.28. The summed E-state index contributed by atoms with van der Waals surface area (Å²) in [6, 6.07) is 18.1. The van der Waals surface area contributed by atoms with Gasteiger partial charge in [-0.05, 0) is 37.1 Å². The molecule has 1 amide bonds. The first kappa shape index (κ1) is 19.0. The number of benzene rings is 2. The number of piperazine rings is 1. The zero-order valence-corrected chi connectivity index (χ0v) is 16.6. The van der Waals surface area contributed by atoms with Gasteiger partial charge in [0.2, 0.25) is 5.91 Å². The second kappa shape index (κ2) is 8.76. The maximum atomic E-state index is 13.1. The summed E-state index contributed by atoms with van der Waals surface area (Å²) in [5.41, 5.74) is 2.38. The fraction of sp³-hybridized carbons (Fsp3) is 0.435. The van der Waals surface area contributed by atoms with Crippen molar-refractivity contribution in [2.24, 2.45) is 0 Å². The molecule has 2 heterocycles. The molecule has 2 aromatic carbocycles. The van der Waals surface area contributed by atoms with E-state index < -0.39 is 0 Å². The highest BCUT2D eigenvalue weighted by Gasteiger charge is 2.32. The summed E-state index contributed by atoms with van der Waals surface area (Å²) in [7, 11) is 0. The van der Waals surface area contributed by atoms with Crippen LogP contribution in [-0.4, -0.2) is 67.6 Å². The third kappa shape index (κ3) is 4.21. The number of anilines is 1. The van der Waals surface area contributed by atoms with E-state index in [1.165, 1.54) is 5.56 Å². The Morgan fingerprint density at radius 1 is 0.964 bits per heavy atom. The van der Waals surface area contributed by atoms with Crippen LogP contribution in [0.25, 0.3) is 0 Å². The average molecular weight is 380 g/mol. The Balaban J connectivity index is 1.24. The summed E-state index contributed by atoms with van der Waals surface area (Å²) in [5, 5.41) is 0. The number of carbonyl (C=O) groups is 1. The van der Waals surface area contributed by atoms with E-state index in [9.17, 15) is 4.79 Å². The molecule has 0 aromatic heterocycles. The minimum absolute atomic E-state index is 0.0751. The van der Waals surface area contributed by atoms with Crippen LogP contribution in [0.1, 0.15) is 12.5 Å². The van der Waals surface area contributed by atoms with E-state index in [4.69, 9.17) is 4.74 Å². The van der Waals surface area contributed by atoms with E-state index in [0.29, 0.717) is 6.61 Å². The standard InChI is InChI=1S/C23H29N3O2/c1-19(23(27)26-12-11-20-7-5-6-10-22(20)26)25-15-13-24(14-16-25)17-18-28-21-8-3-2-4-9-21/h2-10,19H,11-18H2,1H3/t19-/m1/s1. The topological polar surface area (TPSA) is 36.0 Å². The fourth-order valence-electron chi connectivity index (χ4n) is 4.13. The molecule has 4 rings (SSSR count). The van der Waals surface area contributed by atoms with Crippen LogP contribution in [0.5, 0.6) is 5.75 Å². The lowest BCUT2D eigenvalue weighted by molar-refractivity contribution is -0.123. The average Bonchev–Trinajstić information content (AvgIpc) is 3.18. The summed E-state index contributed by atoms with van der Waals surface area (Å²) in [6.07, 6.45) is 0.962. The Hall–Kier alpha value is -2.37. The van der Waals surface area contributed by atoms with E-state index in [1.807, 2.05) is 41.3 Å². The summed E-state index contributed by atoms with van der Waals surface area (Å²) in [5.74, 6) is 1.15. The van der Waals surface area contributed by atoms with Crippen molar-refractivity contribution in [3.05, 3.63) is 60.2 Å². The molecule has 1 saturated heterocycles. The number of amides is 1. The van der Waals surface area contributed by atoms with Gasteiger partial charge in [-0.25, -0.2) is 0 Å². The lowest BCUT2D eigenvalue weighted by atomic mass is 10.1. The molecule has 0 saturated carbocycles. The van der Waals surface area contributed by atoms with Crippen LogP contribution in [0.2, 0.25) is 0 Å². The number of carbonyl (C=O) groups excluding carboxylic acids is 1. The number of hydrogen-bond donors (Lipinski definition) is 0. The number of ether oxygens (including phenoxy) is 1. The van der Waals surface area contributed by atoms with Crippen LogP contribution in [-0.2, 0) is 11.2 Å². The minimum atomic E-state index is -0.0751. The molecule has 5 nitrogen and oxygen atoms in total. The van der Waals surface area contributed by atoms with Crippen LogP contribution in [0.3, 0.4) is 0 Å². The smallest absolute Gasteiger partial charge is 0.244 e. The first-order valence-electron chi connectivity index (χ1n) is 10.3. The zero-order chi connectivity index (χ0) is 19.3. The van der Waals surface area contributed by atoms with Crippen LogP contribution in [0.15, 0.2) is 54.6 Å². The Labute approximate surface area is 167 Å². The molecule has 5 heteroatoms. The molecule has 148 valence electrons. The minimum Gasteiger partial charge on any atom is -0.492 e. The van der Waals surface area contributed by atoms with Crippen LogP contribution < -0.4 is 9.64 Å². The number of rotatable bonds is 6. The SMILES string of the molecule is C[C@H](C(=O)N1CCc2ccccc21)N1CCN(CCOc2ccccc2)CC1. The molecule has 0 N–H and O–H groups in total. The monoisotopic (exact) mass is 379 g/mol. The highest BCUT2D eigenvalue weighted by molar-refractivity contribution is 5.98. The normalized spacial score (nSPS) is 18.7. The third-order valence-electron chi connectivity index (χ3n) is 5.88. The van der Waals surface area contributed by atoms with E-state index in [-0.39, 0.29) is 11.9 Å². The lowest BCUT2D eigenvalue weighted by Crippen LogP contribution is -2.54. The molecule has 2 aromatic rings. The van der Waals surface area contributed by atoms with Crippen molar-refractivity contribution < 1.29 is 9.53 Å². The van der Waals surface area contributed by atoms with Crippen molar-refractivity contribution in [2.75, 3.05) is 50.8 Å². The maximum Gasteiger partial charge on any atom is 0.244 e. The van der Waals surface area contributed by atoms with Gasteiger partial charge in [-0.3, -0.25) is 14.6 Å². The number of nitrogens with zero attached hydrogens (tertiary/aromatic N) is 3. The van der Waals surface area contributed by atoms with Crippen LogP contribution in [0.4, 0.5) is 5.69 Å². The van der Waals surface area contributed by atoms with Gasteiger partial charge in [-0.1, -0.05) is 36.4 Å². The van der Waals surface area contributed by atoms with Crippen molar-refractivity contribution in [3.8, 4) is 5.75 Å². The molecule has 2 aliphatic heterocycles. The molecule has 2 aliphatic rings. The molecule has 0 unspecified atom stereocenters. The van der Waals surface area contributed by atoms with Gasteiger partial charge in [-0.15, -0.1) is 0 Å². The molecule has 28 heavy (non-hydrogen) atoms. The summed E-state index contributed by atoms with van der Waals surface area (Å²) in [4.78, 5) is 19.8. The van der Waals surface area contributed by atoms with E-state index in [2.05, 4.69) is 34.9 Å². The number of para-hydroxylation sites is 2. The third-order valence-corrected chi connectivity index (χ3v) is 5.88. The predicted molar refractivity (Wildman–Crippen MR) is 112 cm³/mol. The summed E-state index contributed by atoms with van der Waals surface area (Å²) in [6.45, 7) is 8.28. The van der Waals surface area contributed by atoms with Crippen molar-refractivity contribution in [1.29, 1.82) is 0 Å². The first-order valence-corrected chi connectivity index (χ1v) is 10.3. The maximum absolute atomic E-state index is 13.1. The van der Waals surface area contributed by atoms with Gasteiger partial charge in [0, 0.05) is 45.0 Å². The molecular weight excluding hydrogens is 350 g/mol. The first-order chi connectivity index (χ1) is 13.7.